The number of hydrogen-bond donors (Lipinski definition) is 2. The second-order valence-electron chi connectivity index (χ2n) is 4.44. The van der Waals surface area contributed by atoms with Gasteiger partial charge in [-0.1, -0.05) is 0 Å². The number of pyridine rings is 1. The zero-order valence-corrected chi connectivity index (χ0v) is 11.9. The highest BCUT2D eigenvalue weighted by Crippen LogP contribution is 2.33. The summed E-state index contributed by atoms with van der Waals surface area (Å²) in [5.74, 6) is 7.25. The fourth-order valence-corrected chi connectivity index (χ4v) is 2.19. The largest absolute Gasteiger partial charge is 0.497 e. The molecule has 2 aromatic rings. The van der Waals surface area contributed by atoms with Crippen molar-refractivity contribution in [3.05, 3.63) is 53.3 Å². The van der Waals surface area contributed by atoms with Gasteiger partial charge in [0.25, 0.3) is 0 Å². The van der Waals surface area contributed by atoms with E-state index in [4.69, 9.17) is 15.3 Å². The van der Waals surface area contributed by atoms with E-state index in [1.165, 1.54) is 0 Å². The van der Waals surface area contributed by atoms with E-state index >= 15 is 0 Å². The summed E-state index contributed by atoms with van der Waals surface area (Å²) in [5.41, 5.74) is 5.84. The highest BCUT2D eigenvalue weighted by molar-refractivity contribution is 5.46. The maximum atomic E-state index is 5.75. The van der Waals surface area contributed by atoms with E-state index in [1.807, 2.05) is 31.2 Å². The molecule has 0 aliphatic rings. The fraction of sp³-hybridized carbons (Fsp3) is 0.267. The van der Waals surface area contributed by atoms with Gasteiger partial charge in [-0.05, 0) is 42.3 Å². The molecular weight excluding hydrogens is 254 g/mol. The minimum atomic E-state index is -0.214. The molecule has 0 saturated heterocycles. The van der Waals surface area contributed by atoms with Crippen LogP contribution < -0.4 is 20.7 Å². The Morgan fingerprint density at radius 2 is 1.95 bits per heavy atom. The van der Waals surface area contributed by atoms with Crippen LogP contribution in [0.3, 0.4) is 0 Å². The average molecular weight is 273 g/mol. The van der Waals surface area contributed by atoms with E-state index in [2.05, 4.69) is 10.4 Å². The van der Waals surface area contributed by atoms with Crippen LogP contribution in [-0.2, 0) is 0 Å². The molecular formula is C15H19N3O2. The van der Waals surface area contributed by atoms with Crippen molar-refractivity contribution in [2.24, 2.45) is 5.84 Å². The van der Waals surface area contributed by atoms with Crippen molar-refractivity contribution in [2.75, 3.05) is 14.2 Å². The first-order valence-corrected chi connectivity index (χ1v) is 6.29. The Kier molecular flexibility index (Phi) is 4.55. The molecule has 0 aliphatic carbocycles. The Hall–Kier alpha value is -2.11. The Morgan fingerprint density at radius 1 is 1.15 bits per heavy atom. The smallest absolute Gasteiger partial charge is 0.124 e. The molecule has 0 fully saturated rings. The van der Waals surface area contributed by atoms with Gasteiger partial charge in [-0.3, -0.25) is 10.8 Å². The molecule has 5 nitrogen and oxygen atoms in total. The number of rotatable bonds is 5. The molecule has 0 radical (unpaired) electrons. The molecule has 1 atom stereocenters. The van der Waals surface area contributed by atoms with Crippen molar-refractivity contribution in [3.8, 4) is 11.5 Å². The third-order valence-electron chi connectivity index (χ3n) is 3.31. The molecule has 1 heterocycles. The quantitative estimate of drug-likeness (QED) is 0.644. The molecule has 0 aliphatic heterocycles. The van der Waals surface area contributed by atoms with Gasteiger partial charge in [0, 0.05) is 18.0 Å². The number of hydrazine groups is 1. The lowest BCUT2D eigenvalue weighted by atomic mass is 9.96. The first kappa shape index (κ1) is 14.3. The van der Waals surface area contributed by atoms with Crippen LogP contribution in [0.5, 0.6) is 11.5 Å². The summed E-state index contributed by atoms with van der Waals surface area (Å²) in [6, 6.07) is 7.37. The molecule has 1 unspecified atom stereocenters. The molecule has 2 rings (SSSR count). The number of nitrogens with two attached hydrogens (primary N) is 1. The SMILES string of the molecule is COc1ccc(OC)c(C(NN)c2cnccc2C)c1. The van der Waals surface area contributed by atoms with Crippen LogP contribution in [-0.4, -0.2) is 19.2 Å². The number of nitrogens with one attached hydrogen (secondary N) is 1. The molecule has 3 N–H and O–H groups in total. The van der Waals surface area contributed by atoms with Crippen molar-refractivity contribution >= 4 is 0 Å². The van der Waals surface area contributed by atoms with Gasteiger partial charge in [0.15, 0.2) is 0 Å². The zero-order valence-electron chi connectivity index (χ0n) is 11.9. The Labute approximate surface area is 118 Å². The van der Waals surface area contributed by atoms with Crippen molar-refractivity contribution in [1.82, 2.24) is 10.4 Å². The Morgan fingerprint density at radius 3 is 2.55 bits per heavy atom. The maximum absolute atomic E-state index is 5.75. The average Bonchev–Trinajstić information content (AvgIpc) is 2.49. The first-order valence-electron chi connectivity index (χ1n) is 6.29. The van der Waals surface area contributed by atoms with Crippen molar-refractivity contribution < 1.29 is 9.47 Å². The Bertz CT molecular complexity index is 587. The molecule has 5 heteroatoms. The van der Waals surface area contributed by atoms with Gasteiger partial charge in [0.2, 0.25) is 0 Å². The minimum absolute atomic E-state index is 0.214. The van der Waals surface area contributed by atoms with Gasteiger partial charge in [-0.25, -0.2) is 5.43 Å². The Balaban J connectivity index is 2.54. The predicted molar refractivity (Wildman–Crippen MR) is 77.7 cm³/mol. The second kappa shape index (κ2) is 6.36. The van der Waals surface area contributed by atoms with Gasteiger partial charge >= 0.3 is 0 Å². The molecule has 1 aromatic heterocycles. The van der Waals surface area contributed by atoms with Gasteiger partial charge in [0.1, 0.15) is 11.5 Å². The summed E-state index contributed by atoms with van der Waals surface area (Å²) in [6.07, 6.45) is 3.56. The molecule has 0 spiro atoms. The van der Waals surface area contributed by atoms with E-state index in [9.17, 15) is 0 Å². The number of nitrogens with zero attached hydrogens (tertiary/aromatic N) is 1. The molecule has 0 saturated carbocycles. The number of methoxy groups -OCH3 is 2. The summed E-state index contributed by atoms with van der Waals surface area (Å²) in [7, 11) is 3.26. The number of aryl methyl sites for hydroxylation is 1. The number of aromatic nitrogens is 1. The van der Waals surface area contributed by atoms with Crippen LogP contribution in [0.15, 0.2) is 36.7 Å². The monoisotopic (exact) mass is 273 g/mol. The molecule has 0 bridgehead atoms. The zero-order chi connectivity index (χ0) is 14.5. The fourth-order valence-electron chi connectivity index (χ4n) is 2.19. The van der Waals surface area contributed by atoms with Gasteiger partial charge in [0.05, 0.1) is 20.3 Å². The van der Waals surface area contributed by atoms with Gasteiger partial charge < -0.3 is 9.47 Å². The second-order valence-corrected chi connectivity index (χ2v) is 4.44. The maximum Gasteiger partial charge on any atom is 0.124 e. The summed E-state index contributed by atoms with van der Waals surface area (Å²) >= 11 is 0. The van der Waals surface area contributed by atoms with Crippen LogP contribution in [0.25, 0.3) is 0 Å². The first-order chi connectivity index (χ1) is 9.71. The third kappa shape index (κ3) is 2.74. The van der Waals surface area contributed by atoms with Crippen molar-refractivity contribution in [1.29, 1.82) is 0 Å². The predicted octanol–water partition coefficient (Wildman–Crippen LogP) is 1.96. The van der Waals surface area contributed by atoms with Crippen LogP contribution >= 0.6 is 0 Å². The standard InChI is InChI=1S/C15H19N3O2/c1-10-6-7-17-9-13(10)15(18-16)12-8-11(19-2)4-5-14(12)20-3/h4-9,15,18H,16H2,1-3H3. The topological polar surface area (TPSA) is 69.4 Å². The summed E-state index contributed by atoms with van der Waals surface area (Å²) < 4.78 is 10.7. The number of benzene rings is 1. The highest BCUT2D eigenvalue weighted by Gasteiger charge is 2.19. The van der Waals surface area contributed by atoms with Crippen LogP contribution in [0.4, 0.5) is 0 Å². The lowest BCUT2D eigenvalue weighted by molar-refractivity contribution is 0.394. The van der Waals surface area contributed by atoms with Gasteiger partial charge in [-0.15, -0.1) is 0 Å². The third-order valence-corrected chi connectivity index (χ3v) is 3.31. The molecule has 1 aromatic carbocycles. The van der Waals surface area contributed by atoms with E-state index in [1.54, 1.807) is 26.6 Å². The van der Waals surface area contributed by atoms with E-state index in [-0.39, 0.29) is 6.04 Å². The van der Waals surface area contributed by atoms with Gasteiger partial charge in [-0.2, -0.15) is 0 Å². The number of hydrogen-bond acceptors (Lipinski definition) is 5. The van der Waals surface area contributed by atoms with Crippen molar-refractivity contribution in [3.63, 3.8) is 0 Å². The lowest BCUT2D eigenvalue weighted by Crippen LogP contribution is -2.29. The normalized spacial score (nSPS) is 12.0. The summed E-state index contributed by atoms with van der Waals surface area (Å²) in [4.78, 5) is 4.17. The van der Waals surface area contributed by atoms with E-state index in [0.717, 1.165) is 28.2 Å². The van der Waals surface area contributed by atoms with Crippen molar-refractivity contribution in [2.45, 2.75) is 13.0 Å². The minimum Gasteiger partial charge on any atom is -0.497 e. The summed E-state index contributed by atoms with van der Waals surface area (Å²) in [5, 5.41) is 0. The highest BCUT2D eigenvalue weighted by atomic mass is 16.5. The molecule has 20 heavy (non-hydrogen) atoms. The van der Waals surface area contributed by atoms with Crippen LogP contribution in [0.1, 0.15) is 22.7 Å². The molecule has 106 valence electrons. The summed E-state index contributed by atoms with van der Waals surface area (Å²) in [6.45, 7) is 2.02. The number of ether oxygens (including phenoxy) is 2. The lowest BCUT2D eigenvalue weighted by Gasteiger charge is -2.21. The molecule has 0 amide bonds. The van der Waals surface area contributed by atoms with Crippen LogP contribution in [0, 0.1) is 6.92 Å². The van der Waals surface area contributed by atoms with E-state index < -0.39 is 0 Å². The van der Waals surface area contributed by atoms with E-state index in [0.29, 0.717) is 0 Å². The van der Waals surface area contributed by atoms with Crippen LogP contribution in [0.2, 0.25) is 0 Å².